The summed E-state index contributed by atoms with van der Waals surface area (Å²) in [5, 5.41) is 11.3. The summed E-state index contributed by atoms with van der Waals surface area (Å²) in [5.41, 5.74) is 9.61. The molecule has 0 amide bonds. The van der Waals surface area contributed by atoms with E-state index in [0.29, 0.717) is 43.3 Å². The van der Waals surface area contributed by atoms with Crippen molar-refractivity contribution in [1.82, 2.24) is 0 Å². The van der Waals surface area contributed by atoms with Crippen LogP contribution in [0.4, 0.5) is 0 Å². The Morgan fingerprint density at radius 2 is 0.768 bits per heavy atom. The smallest absolute Gasteiger partial charge is 0.143 e. The zero-order valence-corrected chi connectivity index (χ0v) is 70.4. The van der Waals surface area contributed by atoms with Crippen molar-refractivity contribution in [1.29, 1.82) is 0 Å². The van der Waals surface area contributed by atoms with Gasteiger partial charge in [0.25, 0.3) is 0 Å². The number of aliphatic hydroxyl groups excluding tert-OH is 1. The van der Waals surface area contributed by atoms with E-state index in [-0.39, 0.29) is 104 Å². The van der Waals surface area contributed by atoms with Crippen molar-refractivity contribution >= 4 is 15.9 Å². The molecule has 112 heavy (non-hydrogen) atoms. The zero-order chi connectivity index (χ0) is 79.3. The van der Waals surface area contributed by atoms with Gasteiger partial charge in [0.1, 0.15) is 22.7 Å². The number of aliphatic hydroxyl groups is 1. The third-order valence-electron chi connectivity index (χ3n) is 25.6. The molecule has 20 atom stereocenters. The molecule has 0 saturated carbocycles. The number of rotatable bonds is 38. The highest BCUT2D eigenvalue weighted by Crippen LogP contribution is 2.47. The fourth-order valence-corrected chi connectivity index (χ4v) is 19.4. The van der Waals surface area contributed by atoms with Crippen LogP contribution in [0.5, 0.6) is 11.5 Å². The fraction of sp³-hybridized carbons (Fsp3) is 0.551. The standard InChI is InChI=1S/C49H65BrO6.C49H66O7/c2*1-8-33(2)28-47-48(52-7)43(32-50)46(56-47)31-45-36(5)34(3)29-42(55-45)25-26-44-35(4)30-41(54-44)20-15-27-53-49(37-16-11-9-12-17-37,38-18-13-10-14-19-38)39-21-23-40(51-6)24-22-39/h9-14,16-19,21-24,33-34,41-48H,4-5,8,15,20,25-32H2,1-3,6-7H3;9-14,16-19,21-24,33-34,41-48,50H,4-5,8,15,20,25-32H2,1-3,6-7H3/t2*33-,34-,41+,42+,43+,44?,45?,46+,47-,48-/m11/s1. The molecule has 1 N–H and O–H groups in total. The molecule has 12 rings (SSSR count). The zero-order valence-electron chi connectivity index (χ0n) is 68.8. The Balaban J connectivity index is 0.000000221. The minimum absolute atomic E-state index is 0.0176. The molecule has 6 fully saturated rings. The Hall–Kier alpha value is -6.08. The van der Waals surface area contributed by atoms with Crippen LogP contribution in [0.25, 0.3) is 0 Å². The summed E-state index contributed by atoms with van der Waals surface area (Å²) in [7, 11) is 6.95. The molecule has 6 aliphatic heterocycles. The molecule has 0 radical (unpaired) electrons. The summed E-state index contributed by atoms with van der Waals surface area (Å²) in [5.74, 6) is 3.72. The Kier molecular flexibility index (Phi) is 32.7. The van der Waals surface area contributed by atoms with Crippen LogP contribution in [0.2, 0.25) is 0 Å². The highest BCUT2D eigenvalue weighted by Gasteiger charge is 2.49. The number of halogens is 1. The first-order valence-corrected chi connectivity index (χ1v) is 43.2. The van der Waals surface area contributed by atoms with Crippen LogP contribution in [0.3, 0.4) is 0 Å². The number of methoxy groups -OCH3 is 4. The lowest BCUT2D eigenvalue weighted by atomic mass is 9.80. The first-order valence-electron chi connectivity index (χ1n) is 42.1. The fourth-order valence-electron chi connectivity index (χ4n) is 18.6. The van der Waals surface area contributed by atoms with E-state index in [2.05, 4.69) is 217 Å². The van der Waals surface area contributed by atoms with Gasteiger partial charge in [0.05, 0.1) is 106 Å². The minimum Gasteiger partial charge on any atom is -0.497 e. The highest BCUT2D eigenvalue weighted by atomic mass is 79.9. The van der Waals surface area contributed by atoms with Crippen LogP contribution in [0.1, 0.15) is 190 Å². The summed E-state index contributed by atoms with van der Waals surface area (Å²) < 4.78 is 77.4. The maximum atomic E-state index is 10.4. The molecule has 6 aromatic carbocycles. The molecular weight excluding hydrogens is 1460 g/mol. The van der Waals surface area contributed by atoms with E-state index in [1.54, 1.807) is 21.3 Å². The van der Waals surface area contributed by atoms with Crippen LogP contribution in [-0.2, 0) is 58.6 Å². The maximum Gasteiger partial charge on any atom is 0.143 e. The van der Waals surface area contributed by atoms with Gasteiger partial charge in [-0.05, 0) is 194 Å². The average molecular weight is 1600 g/mol. The number of alkyl halides is 1. The average Bonchev–Trinajstić information content (AvgIpc) is 1.03. The molecule has 0 bridgehead atoms. The molecule has 0 spiro atoms. The van der Waals surface area contributed by atoms with Crippen LogP contribution in [-0.4, -0.2) is 144 Å². The van der Waals surface area contributed by atoms with Crippen molar-refractivity contribution in [3.63, 3.8) is 0 Å². The van der Waals surface area contributed by atoms with Crippen molar-refractivity contribution in [3.8, 4) is 11.5 Å². The molecule has 6 heterocycles. The minimum atomic E-state index is -0.776. The van der Waals surface area contributed by atoms with Crippen molar-refractivity contribution in [2.75, 3.05) is 53.6 Å². The van der Waals surface area contributed by atoms with Gasteiger partial charge in [0.2, 0.25) is 0 Å². The van der Waals surface area contributed by atoms with Crippen molar-refractivity contribution in [2.45, 2.75) is 254 Å². The third-order valence-corrected chi connectivity index (χ3v) is 26.3. The number of hydrogen-bond acceptors (Lipinski definition) is 13. The highest BCUT2D eigenvalue weighted by molar-refractivity contribution is 9.09. The predicted molar refractivity (Wildman–Crippen MR) is 453 cm³/mol. The normalized spacial score (nSPS) is 28.8. The molecule has 4 unspecified atom stereocenters. The van der Waals surface area contributed by atoms with E-state index in [9.17, 15) is 5.11 Å². The molecule has 0 aromatic heterocycles. The molecule has 0 aliphatic carbocycles. The van der Waals surface area contributed by atoms with E-state index in [1.807, 2.05) is 43.5 Å². The monoisotopic (exact) mass is 1590 g/mol. The Morgan fingerprint density at radius 3 is 1.10 bits per heavy atom. The van der Waals surface area contributed by atoms with E-state index >= 15 is 0 Å². The second-order valence-electron chi connectivity index (χ2n) is 33.0. The summed E-state index contributed by atoms with van der Waals surface area (Å²) in [6.07, 6.45) is 17.0. The van der Waals surface area contributed by atoms with Gasteiger partial charge in [-0.25, -0.2) is 0 Å². The number of hydrogen-bond donors (Lipinski definition) is 1. The first-order chi connectivity index (χ1) is 54.4. The Morgan fingerprint density at radius 1 is 0.429 bits per heavy atom. The van der Waals surface area contributed by atoms with E-state index in [1.165, 1.54) is 16.7 Å². The van der Waals surface area contributed by atoms with Gasteiger partial charge < -0.3 is 61.9 Å². The van der Waals surface area contributed by atoms with Crippen LogP contribution in [0.15, 0.2) is 218 Å². The summed E-state index contributed by atoms with van der Waals surface area (Å²) in [6, 6.07) is 58.5. The van der Waals surface area contributed by atoms with Crippen LogP contribution < -0.4 is 9.47 Å². The molecule has 14 heteroatoms. The Bertz CT molecular complexity index is 3490. The van der Waals surface area contributed by atoms with Crippen LogP contribution >= 0.6 is 15.9 Å². The molecule has 6 saturated heterocycles. The quantitative estimate of drug-likeness (QED) is 0.0171. The maximum absolute atomic E-state index is 10.4. The van der Waals surface area contributed by atoms with E-state index in [4.69, 9.17) is 56.8 Å². The lowest BCUT2D eigenvalue weighted by molar-refractivity contribution is -0.0767. The molecule has 13 nitrogen and oxygen atoms in total. The molecule has 6 aliphatic rings. The molecule has 608 valence electrons. The first kappa shape index (κ1) is 86.8. The number of benzene rings is 6. The van der Waals surface area contributed by atoms with Gasteiger partial charge in [0, 0.05) is 57.4 Å². The predicted octanol–water partition coefficient (Wildman–Crippen LogP) is 21.1. The Labute approximate surface area is 680 Å². The summed E-state index contributed by atoms with van der Waals surface area (Å²) >= 11 is 3.79. The van der Waals surface area contributed by atoms with Gasteiger partial charge >= 0.3 is 0 Å². The lowest BCUT2D eigenvalue weighted by Gasteiger charge is -2.38. The van der Waals surface area contributed by atoms with Gasteiger partial charge in [-0.1, -0.05) is 242 Å². The van der Waals surface area contributed by atoms with Crippen molar-refractivity contribution in [3.05, 3.63) is 252 Å². The second-order valence-corrected chi connectivity index (χ2v) is 33.7. The summed E-state index contributed by atoms with van der Waals surface area (Å²) in [4.78, 5) is 0. The molecular formula is C98H131BrO13. The van der Waals surface area contributed by atoms with Gasteiger partial charge in [-0.2, -0.15) is 0 Å². The van der Waals surface area contributed by atoms with Gasteiger partial charge in [-0.15, -0.1) is 0 Å². The van der Waals surface area contributed by atoms with Crippen molar-refractivity contribution in [2.24, 2.45) is 35.5 Å². The number of ether oxygens (including phenoxy) is 12. The topological polar surface area (TPSA) is 131 Å². The van der Waals surface area contributed by atoms with Crippen molar-refractivity contribution < 1.29 is 61.9 Å². The van der Waals surface area contributed by atoms with E-state index < -0.39 is 11.2 Å². The summed E-state index contributed by atoms with van der Waals surface area (Å²) in [6.45, 7) is 32.7. The second kappa shape index (κ2) is 42.2. The van der Waals surface area contributed by atoms with Gasteiger partial charge in [0.15, 0.2) is 0 Å². The third kappa shape index (κ3) is 21.2. The SMILES string of the molecule is C=C1C[C@H](CCCOC(c2ccccc2)(c2ccccc2)c2ccc(OC)cc2)OC1CC[C@H]1C[C@@H](C)C(=C)C(C[C@@H]2O[C@H](C[C@H](C)CC)[C@H](OC)[C@H]2CBr)O1.C=C1C[C@H](CCCOC(c2ccccc2)(c2ccccc2)c2ccc(OC)cc2)OC1CC[C@H]1C[C@@H](C)C(=C)C(C[C@@H]2O[C@H](C[C@H](C)CC)[C@H](OC)[C@H]2CO)O1. The van der Waals surface area contributed by atoms with E-state index in [0.717, 1.165) is 165 Å². The van der Waals surface area contributed by atoms with Crippen LogP contribution in [0, 0.1) is 35.5 Å². The van der Waals surface area contributed by atoms with Gasteiger partial charge in [-0.3, -0.25) is 0 Å². The largest absolute Gasteiger partial charge is 0.497 e. The lowest BCUT2D eigenvalue weighted by Crippen LogP contribution is -2.39. The molecule has 6 aromatic rings.